The highest BCUT2D eigenvalue weighted by molar-refractivity contribution is 7.99. The number of tetrazole rings is 1. The molecule has 0 radical (unpaired) electrons. The van der Waals surface area contributed by atoms with Gasteiger partial charge in [-0.25, -0.2) is 0 Å². The first-order chi connectivity index (χ1) is 12.5. The van der Waals surface area contributed by atoms with Crippen molar-refractivity contribution in [1.82, 2.24) is 20.2 Å². The number of thioether (sulfide) groups is 1. The molecule has 1 aromatic heterocycles. The summed E-state index contributed by atoms with van der Waals surface area (Å²) in [5.41, 5.74) is 4.30. The second kappa shape index (κ2) is 8.33. The number of hydrogen-bond donors (Lipinski definition) is 1. The van der Waals surface area contributed by atoms with E-state index in [0.717, 1.165) is 28.1 Å². The van der Waals surface area contributed by atoms with Crippen molar-refractivity contribution in [3.63, 3.8) is 0 Å². The highest BCUT2D eigenvalue weighted by Gasteiger charge is 2.14. The zero-order chi connectivity index (χ0) is 18.5. The van der Waals surface area contributed by atoms with Crippen LogP contribution >= 0.6 is 11.8 Å². The molecule has 26 heavy (non-hydrogen) atoms. The summed E-state index contributed by atoms with van der Waals surface area (Å²) in [7, 11) is 0. The SMILES string of the molecule is Cc1cc(C)cc(OC[C@H](O)CSc2nnnn2-c2ccccc2C)c1. The summed E-state index contributed by atoms with van der Waals surface area (Å²) in [6, 6.07) is 13.9. The van der Waals surface area contributed by atoms with Gasteiger partial charge in [0.1, 0.15) is 12.4 Å². The molecule has 0 unspecified atom stereocenters. The van der Waals surface area contributed by atoms with Crippen LogP contribution in [0, 0.1) is 20.8 Å². The summed E-state index contributed by atoms with van der Waals surface area (Å²) in [5, 5.41) is 22.8. The average molecular weight is 370 g/mol. The van der Waals surface area contributed by atoms with Crippen LogP contribution in [0.4, 0.5) is 0 Å². The number of aliphatic hydroxyl groups is 1. The van der Waals surface area contributed by atoms with Gasteiger partial charge in [-0.1, -0.05) is 36.0 Å². The van der Waals surface area contributed by atoms with Gasteiger partial charge in [-0.2, -0.15) is 4.68 Å². The number of aliphatic hydroxyl groups excluding tert-OH is 1. The van der Waals surface area contributed by atoms with Crippen LogP contribution in [0.5, 0.6) is 5.75 Å². The van der Waals surface area contributed by atoms with E-state index in [0.29, 0.717) is 10.9 Å². The van der Waals surface area contributed by atoms with Crippen LogP contribution < -0.4 is 4.74 Å². The first kappa shape index (κ1) is 18.4. The quantitative estimate of drug-likeness (QED) is 0.644. The van der Waals surface area contributed by atoms with Crippen LogP contribution in [-0.2, 0) is 0 Å². The minimum Gasteiger partial charge on any atom is -0.491 e. The van der Waals surface area contributed by atoms with Gasteiger partial charge in [0.2, 0.25) is 5.16 Å². The molecule has 0 spiro atoms. The molecule has 0 amide bonds. The van der Waals surface area contributed by atoms with Gasteiger partial charge in [0.25, 0.3) is 0 Å². The van der Waals surface area contributed by atoms with Gasteiger partial charge in [-0.3, -0.25) is 0 Å². The van der Waals surface area contributed by atoms with E-state index >= 15 is 0 Å². The Balaban J connectivity index is 1.58. The minimum absolute atomic E-state index is 0.224. The van der Waals surface area contributed by atoms with E-state index < -0.39 is 6.10 Å². The van der Waals surface area contributed by atoms with E-state index in [1.807, 2.05) is 57.2 Å². The number of para-hydroxylation sites is 1. The average Bonchev–Trinajstić information content (AvgIpc) is 3.06. The standard InChI is InChI=1S/C19H22N4O2S/c1-13-8-14(2)10-17(9-13)25-11-16(24)12-26-19-20-21-22-23(19)18-7-5-4-6-15(18)3/h4-10,16,24H,11-12H2,1-3H3/t16-/m0/s1. The number of aromatic nitrogens is 4. The summed E-state index contributed by atoms with van der Waals surface area (Å²) >= 11 is 1.40. The van der Waals surface area contributed by atoms with Gasteiger partial charge < -0.3 is 9.84 Å². The van der Waals surface area contributed by atoms with Crippen LogP contribution in [0.25, 0.3) is 5.69 Å². The molecular weight excluding hydrogens is 348 g/mol. The molecule has 0 fully saturated rings. The van der Waals surface area contributed by atoms with Crippen LogP contribution in [0.1, 0.15) is 16.7 Å². The Labute approximate surface area is 157 Å². The van der Waals surface area contributed by atoms with Crippen LogP contribution in [0.3, 0.4) is 0 Å². The van der Waals surface area contributed by atoms with Crippen molar-refractivity contribution >= 4 is 11.8 Å². The molecule has 1 heterocycles. The van der Waals surface area contributed by atoms with E-state index in [1.165, 1.54) is 11.8 Å². The number of benzene rings is 2. The number of hydrogen-bond acceptors (Lipinski definition) is 6. The Bertz CT molecular complexity index is 861. The first-order valence-corrected chi connectivity index (χ1v) is 9.38. The van der Waals surface area contributed by atoms with Crippen LogP contribution in [0.2, 0.25) is 0 Å². The lowest BCUT2D eigenvalue weighted by molar-refractivity contribution is 0.126. The van der Waals surface area contributed by atoms with Gasteiger partial charge in [0, 0.05) is 5.75 Å². The van der Waals surface area contributed by atoms with E-state index in [4.69, 9.17) is 4.74 Å². The monoisotopic (exact) mass is 370 g/mol. The Kier molecular flexibility index (Phi) is 5.90. The maximum absolute atomic E-state index is 10.2. The van der Waals surface area contributed by atoms with Gasteiger partial charge in [0.05, 0.1) is 11.8 Å². The maximum atomic E-state index is 10.2. The fourth-order valence-electron chi connectivity index (χ4n) is 2.65. The van der Waals surface area contributed by atoms with E-state index in [2.05, 4.69) is 21.6 Å². The van der Waals surface area contributed by atoms with Crippen molar-refractivity contribution in [1.29, 1.82) is 0 Å². The number of nitrogens with zero attached hydrogens (tertiary/aromatic N) is 4. The van der Waals surface area contributed by atoms with Crippen molar-refractivity contribution in [3.8, 4) is 11.4 Å². The number of ether oxygens (including phenoxy) is 1. The Morgan fingerprint density at radius 2 is 1.85 bits per heavy atom. The third-order valence-corrected chi connectivity index (χ3v) is 4.89. The smallest absolute Gasteiger partial charge is 0.214 e. The molecule has 2 aromatic carbocycles. The summed E-state index contributed by atoms with van der Waals surface area (Å²) in [6.07, 6.45) is -0.622. The maximum Gasteiger partial charge on any atom is 0.214 e. The van der Waals surface area contributed by atoms with E-state index in [1.54, 1.807) is 4.68 Å². The Hall–Kier alpha value is -2.38. The topological polar surface area (TPSA) is 73.1 Å². The third-order valence-electron chi connectivity index (χ3n) is 3.83. The third kappa shape index (κ3) is 4.62. The second-order valence-electron chi connectivity index (χ2n) is 6.26. The van der Waals surface area contributed by atoms with Gasteiger partial charge in [-0.15, -0.1) is 5.10 Å². The predicted octanol–water partition coefficient (Wildman–Crippen LogP) is 3.12. The molecule has 0 bridgehead atoms. The zero-order valence-electron chi connectivity index (χ0n) is 15.1. The lowest BCUT2D eigenvalue weighted by Gasteiger charge is -2.13. The normalized spacial score (nSPS) is 12.2. The van der Waals surface area contributed by atoms with Crippen molar-refractivity contribution < 1.29 is 9.84 Å². The summed E-state index contributed by atoms with van der Waals surface area (Å²) in [4.78, 5) is 0. The largest absolute Gasteiger partial charge is 0.491 e. The summed E-state index contributed by atoms with van der Waals surface area (Å²) in [5.74, 6) is 1.22. The second-order valence-corrected chi connectivity index (χ2v) is 7.25. The van der Waals surface area contributed by atoms with Gasteiger partial charge >= 0.3 is 0 Å². The number of rotatable bonds is 7. The lowest BCUT2D eigenvalue weighted by atomic mass is 10.1. The molecule has 136 valence electrons. The van der Waals surface area contributed by atoms with Crippen LogP contribution in [-0.4, -0.2) is 43.8 Å². The van der Waals surface area contributed by atoms with Crippen molar-refractivity contribution in [2.45, 2.75) is 32.0 Å². The van der Waals surface area contributed by atoms with Crippen molar-refractivity contribution in [3.05, 3.63) is 59.2 Å². The predicted molar refractivity (Wildman–Crippen MR) is 102 cm³/mol. The molecule has 0 aliphatic rings. The van der Waals surface area contributed by atoms with Gasteiger partial charge in [0.15, 0.2) is 0 Å². The van der Waals surface area contributed by atoms with E-state index in [-0.39, 0.29) is 6.61 Å². The highest BCUT2D eigenvalue weighted by atomic mass is 32.2. The molecule has 1 N–H and O–H groups in total. The molecule has 3 rings (SSSR count). The highest BCUT2D eigenvalue weighted by Crippen LogP contribution is 2.22. The molecule has 0 saturated carbocycles. The molecule has 7 heteroatoms. The molecule has 1 atom stereocenters. The zero-order valence-corrected chi connectivity index (χ0v) is 15.9. The van der Waals surface area contributed by atoms with E-state index in [9.17, 15) is 5.11 Å². The summed E-state index contributed by atoms with van der Waals surface area (Å²) < 4.78 is 7.40. The van der Waals surface area contributed by atoms with Crippen LogP contribution in [0.15, 0.2) is 47.6 Å². The van der Waals surface area contributed by atoms with Crippen molar-refractivity contribution in [2.75, 3.05) is 12.4 Å². The molecule has 3 aromatic rings. The first-order valence-electron chi connectivity index (χ1n) is 8.39. The fraction of sp³-hybridized carbons (Fsp3) is 0.316. The molecule has 6 nitrogen and oxygen atoms in total. The molecule has 0 saturated heterocycles. The molecule has 0 aliphatic heterocycles. The molecular formula is C19H22N4O2S. The Morgan fingerprint density at radius 3 is 2.58 bits per heavy atom. The van der Waals surface area contributed by atoms with Gasteiger partial charge in [-0.05, 0) is 66.1 Å². The fourth-order valence-corrected chi connectivity index (χ4v) is 3.44. The minimum atomic E-state index is -0.622. The Morgan fingerprint density at radius 1 is 1.12 bits per heavy atom. The van der Waals surface area contributed by atoms with Crippen molar-refractivity contribution in [2.24, 2.45) is 0 Å². The molecule has 0 aliphatic carbocycles. The number of aryl methyl sites for hydroxylation is 3. The lowest BCUT2D eigenvalue weighted by Crippen LogP contribution is -2.20. The summed E-state index contributed by atoms with van der Waals surface area (Å²) in [6.45, 7) is 6.29.